The second-order valence-electron chi connectivity index (χ2n) is 9.66. The van der Waals surface area contributed by atoms with E-state index in [1.165, 1.54) is 24.0 Å². The summed E-state index contributed by atoms with van der Waals surface area (Å²) in [6.07, 6.45) is 12.9. The van der Waals surface area contributed by atoms with Gasteiger partial charge in [0.2, 0.25) is 5.91 Å². The van der Waals surface area contributed by atoms with Crippen molar-refractivity contribution in [3.8, 4) is 6.01 Å². The van der Waals surface area contributed by atoms with Crippen LogP contribution in [0.3, 0.4) is 0 Å². The van der Waals surface area contributed by atoms with Gasteiger partial charge in [0.1, 0.15) is 5.69 Å². The molecule has 0 radical (unpaired) electrons. The molecule has 0 aromatic carbocycles. The van der Waals surface area contributed by atoms with Gasteiger partial charge in [-0.2, -0.15) is 9.97 Å². The number of rotatable bonds is 12. The lowest BCUT2D eigenvalue weighted by molar-refractivity contribution is -0.115. The van der Waals surface area contributed by atoms with Gasteiger partial charge in [-0.3, -0.25) is 4.79 Å². The lowest BCUT2D eigenvalue weighted by Gasteiger charge is -2.33. The fourth-order valence-electron chi connectivity index (χ4n) is 4.58. The summed E-state index contributed by atoms with van der Waals surface area (Å²) in [6, 6.07) is 0.399. The monoisotopic (exact) mass is 453 g/mol. The van der Waals surface area contributed by atoms with Gasteiger partial charge in [0, 0.05) is 13.1 Å². The van der Waals surface area contributed by atoms with E-state index in [4.69, 9.17) is 9.72 Å². The first kappa shape index (κ1) is 23.7. The van der Waals surface area contributed by atoms with Crippen molar-refractivity contribution >= 4 is 17.4 Å². The van der Waals surface area contributed by atoms with Crippen LogP contribution in [0.15, 0.2) is 23.3 Å². The molecule has 0 spiro atoms. The Labute approximate surface area is 198 Å². The van der Waals surface area contributed by atoms with Crippen LogP contribution in [0.4, 0.5) is 11.5 Å². The molecule has 7 nitrogen and oxygen atoms in total. The van der Waals surface area contributed by atoms with Crippen molar-refractivity contribution in [1.82, 2.24) is 15.3 Å². The van der Waals surface area contributed by atoms with E-state index < -0.39 is 0 Å². The molecule has 33 heavy (non-hydrogen) atoms. The minimum atomic E-state index is -0.0112. The fraction of sp³-hybridized carbons (Fsp3) is 0.654. The third-order valence-corrected chi connectivity index (χ3v) is 6.61. The Morgan fingerprint density at radius 1 is 1.21 bits per heavy atom. The van der Waals surface area contributed by atoms with Crippen LogP contribution in [0, 0.1) is 18.8 Å². The van der Waals surface area contributed by atoms with Gasteiger partial charge in [-0.1, -0.05) is 38.8 Å². The van der Waals surface area contributed by atoms with E-state index in [-0.39, 0.29) is 5.91 Å². The fourth-order valence-corrected chi connectivity index (χ4v) is 4.58. The van der Waals surface area contributed by atoms with Gasteiger partial charge < -0.3 is 20.3 Å². The Morgan fingerprint density at radius 3 is 2.82 bits per heavy atom. The normalized spacial score (nSPS) is 20.2. The lowest BCUT2D eigenvalue weighted by atomic mass is 9.87. The second-order valence-corrected chi connectivity index (χ2v) is 9.66. The zero-order valence-corrected chi connectivity index (χ0v) is 20.5. The molecule has 4 rings (SSSR count). The van der Waals surface area contributed by atoms with Crippen LogP contribution in [-0.2, 0) is 4.79 Å². The van der Waals surface area contributed by atoms with Crippen LogP contribution in [0.5, 0.6) is 6.01 Å². The molecule has 2 N–H and O–H groups in total. The number of fused-ring (bicyclic) bond motifs is 1. The maximum Gasteiger partial charge on any atom is 0.318 e. The Bertz CT molecular complexity index is 906. The van der Waals surface area contributed by atoms with Crippen molar-refractivity contribution in [3.05, 3.63) is 29.0 Å². The first-order valence-electron chi connectivity index (χ1n) is 12.7. The van der Waals surface area contributed by atoms with Crippen molar-refractivity contribution in [2.45, 2.75) is 65.7 Å². The van der Waals surface area contributed by atoms with Crippen LogP contribution in [0.25, 0.3) is 0 Å². The maximum absolute atomic E-state index is 12.4. The number of unbranched alkanes of at least 4 members (excludes halogenated alkanes) is 1. The number of anilines is 2. The molecular formula is C26H39N5O2. The number of nitrogens with zero attached hydrogens (tertiary/aromatic N) is 3. The van der Waals surface area contributed by atoms with Crippen molar-refractivity contribution in [3.63, 3.8) is 0 Å². The summed E-state index contributed by atoms with van der Waals surface area (Å²) in [5.41, 5.74) is 4.37. The van der Waals surface area contributed by atoms with Crippen molar-refractivity contribution in [2.75, 3.05) is 43.0 Å². The summed E-state index contributed by atoms with van der Waals surface area (Å²) in [5.74, 6) is 2.02. The molecule has 1 aromatic rings. The van der Waals surface area contributed by atoms with E-state index in [1.54, 1.807) is 0 Å². The highest BCUT2D eigenvalue weighted by Gasteiger charge is 2.29. The average molecular weight is 454 g/mol. The molecule has 1 atom stereocenters. The number of ether oxygens (including phenoxy) is 1. The first-order chi connectivity index (χ1) is 16.1. The Kier molecular flexibility index (Phi) is 8.02. The van der Waals surface area contributed by atoms with Crippen LogP contribution in [0.1, 0.15) is 64.5 Å². The molecule has 2 heterocycles. The number of carbonyl (C=O) groups is 1. The number of aryl methyl sites for hydroxylation is 1. The second kappa shape index (κ2) is 11.1. The van der Waals surface area contributed by atoms with Gasteiger partial charge in [-0.15, -0.1) is 0 Å². The Hall–Kier alpha value is -2.41. The minimum Gasteiger partial charge on any atom is -0.463 e. The van der Waals surface area contributed by atoms with E-state index in [0.29, 0.717) is 30.8 Å². The molecular weight excluding hydrogens is 414 g/mol. The van der Waals surface area contributed by atoms with Crippen LogP contribution in [-0.4, -0.2) is 48.7 Å². The third-order valence-electron chi connectivity index (χ3n) is 6.61. The number of amides is 1. The molecule has 1 fully saturated rings. The highest BCUT2D eigenvalue weighted by Crippen LogP contribution is 2.34. The molecule has 1 unspecified atom stereocenters. The molecule has 0 saturated heterocycles. The van der Waals surface area contributed by atoms with Crippen LogP contribution in [0.2, 0.25) is 0 Å². The summed E-state index contributed by atoms with van der Waals surface area (Å²) in [4.78, 5) is 23.7. The molecule has 1 amide bonds. The Balaban J connectivity index is 1.46. The molecule has 0 bridgehead atoms. The molecule has 1 aliphatic heterocycles. The summed E-state index contributed by atoms with van der Waals surface area (Å²) >= 11 is 0. The maximum atomic E-state index is 12.4. The van der Waals surface area contributed by atoms with Gasteiger partial charge in [-0.05, 0) is 68.6 Å². The van der Waals surface area contributed by atoms with Crippen molar-refractivity contribution in [2.24, 2.45) is 11.8 Å². The highest BCUT2D eigenvalue weighted by atomic mass is 16.5. The number of hydrogen-bond acceptors (Lipinski definition) is 6. The SMILES string of the molecule is CCCCOc1nc(C)c2c(n1)N(CC1C=C(CCC)C(CNCC3CC3)=CC1)CC(=O)N2. The number of nitrogens with one attached hydrogen (secondary N) is 2. The van der Waals surface area contributed by atoms with Crippen molar-refractivity contribution < 1.29 is 9.53 Å². The van der Waals surface area contributed by atoms with Crippen LogP contribution < -0.4 is 20.3 Å². The van der Waals surface area contributed by atoms with Gasteiger partial charge in [0.15, 0.2) is 5.82 Å². The number of carbonyl (C=O) groups excluding carboxylic acids is 1. The quantitative estimate of drug-likeness (QED) is 0.457. The number of aromatic nitrogens is 2. The van der Waals surface area contributed by atoms with E-state index in [1.807, 2.05) is 6.92 Å². The zero-order chi connectivity index (χ0) is 23.2. The summed E-state index contributed by atoms with van der Waals surface area (Å²) in [6.45, 7) is 10.1. The van der Waals surface area contributed by atoms with E-state index >= 15 is 0 Å². The zero-order valence-electron chi connectivity index (χ0n) is 20.5. The molecule has 2 aliphatic carbocycles. The van der Waals surface area contributed by atoms with Gasteiger partial charge in [-0.25, -0.2) is 0 Å². The highest BCUT2D eigenvalue weighted by molar-refractivity contribution is 6.00. The standard InChI is InChI=1S/C26H39N5O2/c1-4-6-12-33-26-28-18(3)24-25(30-26)31(17-23(32)29-24)16-20-10-11-22(21(13-20)7-5-2)15-27-14-19-8-9-19/h11,13,19-20,27H,4-10,12,14-17H2,1-3H3,(H,29,32). The van der Waals surface area contributed by atoms with Crippen molar-refractivity contribution in [1.29, 1.82) is 0 Å². The van der Waals surface area contributed by atoms with Crippen LogP contribution >= 0.6 is 0 Å². The average Bonchev–Trinajstić information content (AvgIpc) is 3.61. The Morgan fingerprint density at radius 2 is 2.06 bits per heavy atom. The summed E-state index contributed by atoms with van der Waals surface area (Å²) in [5, 5.41) is 6.62. The predicted molar refractivity (Wildman–Crippen MR) is 133 cm³/mol. The van der Waals surface area contributed by atoms with E-state index in [9.17, 15) is 4.79 Å². The molecule has 7 heteroatoms. The molecule has 1 saturated carbocycles. The minimum absolute atomic E-state index is 0.0112. The smallest absolute Gasteiger partial charge is 0.318 e. The van der Waals surface area contributed by atoms with E-state index in [2.05, 4.69) is 46.5 Å². The third kappa shape index (κ3) is 6.34. The molecule has 1 aromatic heterocycles. The summed E-state index contributed by atoms with van der Waals surface area (Å²) in [7, 11) is 0. The van der Waals surface area contributed by atoms with Gasteiger partial charge >= 0.3 is 6.01 Å². The number of allylic oxidation sites excluding steroid dienone is 1. The predicted octanol–water partition coefficient (Wildman–Crippen LogP) is 4.39. The lowest BCUT2D eigenvalue weighted by Crippen LogP contribution is -2.42. The molecule has 3 aliphatic rings. The topological polar surface area (TPSA) is 79.4 Å². The van der Waals surface area contributed by atoms with Gasteiger partial charge in [0.25, 0.3) is 0 Å². The van der Waals surface area contributed by atoms with Gasteiger partial charge in [0.05, 0.1) is 18.8 Å². The largest absolute Gasteiger partial charge is 0.463 e. The molecule has 180 valence electrons. The summed E-state index contributed by atoms with van der Waals surface area (Å²) < 4.78 is 5.79. The van der Waals surface area contributed by atoms with E-state index in [0.717, 1.165) is 69.2 Å². The number of hydrogen-bond donors (Lipinski definition) is 2. The first-order valence-corrected chi connectivity index (χ1v) is 12.7.